The van der Waals surface area contributed by atoms with Crippen LogP contribution >= 0.6 is 0 Å². The Hall–Kier alpha value is -0.560. The quantitative estimate of drug-likeness (QED) is 0.548. The summed E-state index contributed by atoms with van der Waals surface area (Å²) in [6.07, 6.45) is 6.42. The van der Waals surface area contributed by atoms with E-state index in [9.17, 15) is 0 Å². The molecule has 1 heteroatoms. The molecule has 1 unspecified atom stereocenters. The highest BCUT2D eigenvalue weighted by atomic mass is 15.1. The van der Waals surface area contributed by atoms with E-state index in [1.165, 1.54) is 31.5 Å². The van der Waals surface area contributed by atoms with E-state index >= 15 is 0 Å². The van der Waals surface area contributed by atoms with E-state index in [4.69, 9.17) is 0 Å². The Kier molecular flexibility index (Phi) is 13.9. The second-order valence-corrected chi connectivity index (χ2v) is 4.24. The Bertz CT molecular complexity index is 178. The molecule has 0 spiro atoms. The van der Waals surface area contributed by atoms with Crippen molar-refractivity contribution in [3.05, 3.63) is 24.3 Å². The van der Waals surface area contributed by atoms with Crippen molar-refractivity contribution in [2.24, 2.45) is 5.92 Å². The van der Waals surface area contributed by atoms with Crippen LogP contribution < -0.4 is 0 Å². The van der Waals surface area contributed by atoms with Crippen LogP contribution in [-0.4, -0.2) is 25.0 Å². The second kappa shape index (κ2) is 12.5. The molecule has 0 aromatic heterocycles. The van der Waals surface area contributed by atoms with Crippen LogP contribution in [0.4, 0.5) is 0 Å². The first-order valence-electron chi connectivity index (χ1n) is 6.52. The van der Waals surface area contributed by atoms with E-state index in [2.05, 4.69) is 25.5 Å². The predicted molar refractivity (Wildman–Crippen MR) is 76.9 cm³/mol. The summed E-state index contributed by atoms with van der Waals surface area (Å²) < 4.78 is 0. The molecular formula is C15H31N. The standard InChI is InChI=1S/C9H17N.C4H8.C2H6/c1-8-4-5-10(3)7-9(2)6-8;1-3-4-2;1-2/h9H,1,4-7H2,2-3H3;3-4H,1-2H3;1-2H3/b;4-3+;. The predicted octanol–water partition coefficient (Wildman–Crippen LogP) is 4.51. The van der Waals surface area contributed by atoms with Gasteiger partial charge in [-0.1, -0.05) is 45.1 Å². The van der Waals surface area contributed by atoms with Crippen LogP contribution in [0.2, 0.25) is 0 Å². The fourth-order valence-electron chi connectivity index (χ4n) is 1.63. The van der Waals surface area contributed by atoms with Gasteiger partial charge < -0.3 is 4.90 Å². The van der Waals surface area contributed by atoms with E-state index in [1.807, 2.05) is 39.8 Å². The van der Waals surface area contributed by atoms with E-state index in [1.54, 1.807) is 0 Å². The summed E-state index contributed by atoms with van der Waals surface area (Å²) in [6.45, 7) is 16.8. The van der Waals surface area contributed by atoms with Crippen molar-refractivity contribution in [1.82, 2.24) is 4.90 Å². The highest BCUT2D eigenvalue weighted by Gasteiger charge is 2.12. The van der Waals surface area contributed by atoms with Crippen LogP contribution in [0, 0.1) is 5.92 Å². The summed E-state index contributed by atoms with van der Waals surface area (Å²) in [5.41, 5.74) is 1.43. The molecule has 1 nitrogen and oxygen atoms in total. The van der Waals surface area contributed by atoms with Crippen LogP contribution in [0.5, 0.6) is 0 Å². The first-order valence-corrected chi connectivity index (χ1v) is 6.52. The molecule has 0 aliphatic carbocycles. The van der Waals surface area contributed by atoms with Gasteiger partial charge in [-0.25, -0.2) is 0 Å². The van der Waals surface area contributed by atoms with Crippen molar-refractivity contribution >= 4 is 0 Å². The van der Waals surface area contributed by atoms with E-state index in [0.29, 0.717) is 0 Å². The van der Waals surface area contributed by atoms with Crippen LogP contribution in [0.1, 0.15) is 47.5 Å². The Morgan fingerprint density at radius 1 is 1.25 bits per heavy atom. The molecule has 0 N–H and O–H groups in total. The molecule has 1 aliphatic rings. The van der Waals surface area contributed by atoms with Crippen LogP contribution in [0.3, 0.4) is 0 Å². The lowest BCUT2D eigenvalue weighted by Gasteiger charge is -2.15. The van der Waals surface area contributed by atoms with Gasteiger partial charge in [0.25, 0.3) is 0 Å². The summed E-state index contributed by atoms with van der Waals surface area (Å²) in [7, 11) is 2.19. The lowest BCUT2D eigenvalue weighted by Crippen LogP contribution is -2.22. The minimum atomic E-state index is 0.806. The van der Waals surface area contributed by atoms with Gasteiger partial charge in [0.2, 0.25) is 0 Å². The molecule has 0 saturated carbocycles. The van der Waals surface area contributed by atoms with E-state index in [0.717, 1.165) is 5.92 Å². The van der Waals surface area contributed by atoms with Gasteiger partial charge in [-0.05, 0) is 39.7 Å². The second-order valence-electron chi connectivity index (χ2n) is 4.24. The molecule has 1 fully saturated rings. The molecule has 16 heavy (non-hydrogen) atoms. The summed E-state index contributed by atoms with van der Waals surface area (Å²) in [6, 6.07) is 0. The SMILES string of the molecule is C/C=C/C.C=C1CCN(C)CC(C)C1.CC. The minimum absolute atomic E-state index is 0.806. The first-order chi connectivity index (χ1) is 7.60. The number of hydrogen-bond acceptors (Lipinski definition) is 1. The van der Waals surface area contributed by atoms with Crippen molar-refractivity contribution in [2.45, 2.75) is 47.5 Å². The smallest absolute Gasteiger partial charge is 0.00155 e. The third-order valence-corrected chi connectivity index (χ3v) is 2.44. The number of hydrogen-bond donors (Lipinski definition) is 0. The van der Waals surface area contributed by atoms with Crippen LogP contribution in [0.15, 0.2) is 24.3 Å². The van der Waals surface area contributed by atoms with E-state index in [-0.39, 0.29) is 0 Å². The number of allylic oxidation sites excluding steroid dienone is 2. The average molecular weight is 225 g/mol. The highest BCUT2D eigenvalue weighted by molar-refractivity contribution is 4.98. The monoisotopic (exact) mass is 225 g/mol. The highest BCUT2D eigenvalue weighted by Crippen LogP contribution is 2.17. The zero-order valence-electron chi connectivity index (χ0n) is 12.2. The molecule has 0 aromatic rings. The lowest BCUT2D eigenvalue weighted by atomic mass is 10.0. The molecule has 1 rings (SSSR count). The number of likely N-dealkylation sites (tertiary alicyclic amines) is 1. The molecule has 0 amide bonds. The largest absolute Gasteiger partial charge is 0.306 e. The molecule has 96 valence electrons. The molecule has 0 bridgehead atoms. The average Bonchev–Trinajstić information content (AvgIpc) is 2.42. The normalized spacial score (nSPS) is 21.6. The van der Waals surface area contributed by atoms with Crippen LogP contribution in [-0.2, 0) is 0 Å². The Morgan fingerprint density at radius 3 is 2.19 bits per heavy atom. The maximum atomic E-state index is 4.03. The maximum Gasteiger partial charge on any atom is 0.00155 e. The third kappa shape index (κ3) is 11.5. The summed E-state index contributed by atoms with van der Waals surface area (Å²) >= 11 is 0. The van der Waals surface area contributed by atoms with Crippen molar-refractivity contribution < 1.29 is 0 Å². The van der Waals surface area contributed by atoms with Gasteiger partial charge in [0.1, 0.15) is 0 Å². The van der Waals surface area contributed by atoms with Gasteiger partial charge in [-0.15, -0.1) is 0 Å². The topological polar surface area (TPSA) is 3.24 Å². The Balaban J connectivity index is 0. The third-order valence-electron chi connectivity index (χ3n) is 2.44. The van der Waals surface area contributed by atoms with Crippen molar-refractivity contribution in [3.8, 4) is 0 Å². The first kappa shape index (κ1) is 17.8. The number of nitrogens with zero attached hydrogens (tertiary/aromatic N) is 1. The van der Waals surface area contributed by atoms with Crippen molar-refractivity contribution in [3.63, 3.8) is 0 Å². The molecular weight excluding hydrogens is 194 g/mol. The molecule has 1 atom stereocenters. The summed E-state index contributed by atoms with van der Waals surface area (Å²) in [5.74, 6) is 0.806. The Labute approximate surface area is 103 Å². The van der Waals surface area contributed by atoms with Gasteiger partial charge in [0, 0.05) is 13.1 Å². The van der Waals surface area contributed by atoms with Gasteiger partial charge in [0.15, 0.2) is 0 Å². The zero-order valence-corrected chi connectivity index (χ0v) is 12.2. The molecule has 0 aromatic carbocycles. The fraction of sp³-hybridized carbons (Fsp3) is 0.733. The van der Waals surface area contributed by atoms with Gasteiger partial charge in [0.05, 0.1) is 0 Å². The lowest BCUT2D eigenvalue weighted by molar-refractivity contribution is 0.310. The zero-order chi connectivity index (χ0) is 13.0. The van der Waals surface area contributed by atoms with Crippen molar-refractivity contribution in [1.29, 1.82) is 0 Å². The number of rotatable bonds is 0. The van der Waals surface area contributed by atoms with E-state index < -0.39 is 0 Å². The molecule has 1 aliphatic heterocycles. The summed E-state index contributed by atoms with van der Waals surface area (Å²) in [4.78, 5) is 2.39. The maximum absolute atomic E-state index is 4.03. The van der Waals surface area contributed by atoms with Crippen LogP contribution in [0.25, 0.3) is 0 Å². The summed E-state index contributed by atoms with van der Waals surface area (Å²) in [5, 5.41) is 0. The Morgan fingerprint density at radius 2 is 1.75 bits per heavy atom. The van der Waals surface area contributed by atoms with Gasteiger partial charge in [-0.3, -0.25) is 0 Å². The van der Waals surface area contributed by atoms with Gasteiger partial charge in [-0.2, -0.15) is 0 Å². The minimum Gasteiger partial charge on any atom is -0.306 e. The molecule has 1 saturated heterocycles. The van der Waals surface area contributed by atoms with Gasteiger partial charge >= 0.3 is 0 Å². The molecule has 0 radical (unpaired) electrons. The van der Waals surface area contributed by atoms with Crippen molar-refractivity contribution in [2.75, 3.05) is 20.1 Å². The molecule has 1 heterocycles. The fourth-order valence-corrected chi connectivity index (χ4v) is 1.63.